The number of aliphatic hydroxyl groups is 1. The minimum absolute atomic E-state index is 0.0485. The predicted octanol–water partition coefficient (Wildman–Crippen LogP) is 3.42. The van der Waals surface area contributed by atoms with Crippen molar-refractivity contribution in [2.45, 2.75) is 45.3 Å². The normalized spacial score (nSPS) is 17.5. The number of ether oxygens (including phenoxy) is 3. The molecule has 13 nitrogen and oxygen atoms in total. The maximum atomic E-state index is 13.4. The number of carboxylic acid groups (broad SMARTS) is 1. The van der Waals surface area contributed by atoms with Gasteiger partial charge in [-0.25, -0.2) is 4.79 Å². The number of para-hydroxylation sites is 2. The fraction of sp³-hybridized carbons (Fsp3) is 0.469. The van der Waals surface area contributed by atoms with Crippen LogP contribution in [-0.4, -0.2) is 96.3 Å². The molecule has 3 N–H and O–H groups in total. The number of carboxylic acids is 1. The van der Waals surface area contributed by atoms with Gasteiger partial charge in [0.05, 0.1) is 29.9 Å². The van der Waals surface area contributed by atoms with Crippen LogP contribution in [0.4, 0.5) is 5.69 Å². The summed E-state index contributed by atoms with van der Waals surface area (Å²) in [5, 5.41) is 35.6. The summed E-state index contributed by atoms with van der Waals surface area (Å²) in [5.41, 5.74) is 0.218. The predicted molar refractivity (Wildman–Crippen MR) is 168 cm³/mol. The highest BCUT2D eigenvalue weighted by Crippen LogP contribution is 2.41. The molecule has 3 rings (SSSR count). The minimum Gasteiger partial charge on any atom is -0.493 e. The van der Waals surface area contributed by atoms with Crippen molar-refractivity contribution in [3.63, 3.8) is 0 Å². The Bertz CT molecular complexity index is 1440. The van der Waals surface area contributed by atoms with E-state index in [0.29, 0.717) is 29.3 Å². The van der Waals surface area contributed by atoms with E-state index in [1.54, 1.807) is 39.2 Å². The standard InChI is InChI=1S/C32H42N4O9/c1-7-44-31(40)29-24(34-20(2)27(30(38)39)28(29)21-11-10-12-22(15-21)36(41)42)17-35(5)19-32(3,4)33-16-23(37)18-45-26-14-9-8-13-25(26)43-6/h8-15,23,27-28,33,37H,7,16-19H2,1-6H3,(H,38,39). The number of β-amino-alcohol motifs (C(OH)–C–C–N with tert-alkyl or cyclic N) is 1. The van der Waals surface area contributed by atoms with E-state index in [1.165, 1.54) is 18.2 Å². The van der Waals surface area contributed by atoms with Gasteiger partial charge in [-0.1, -0.05) is 24.3 Å². The zero-order chi connectivity index (χ0) is 33.3. The van der Waals surface area contributed by atoms with Crippen LogP contribution in [0.2, 0.25) is 0 Å². The lowest BCUT2D eigenvalue weighted by Crippen LogP contribution is -2.51. The van der Waals surface area contributed by atoms with Crippen molar-refractivity contribution in [2.75, 3.05) is 47.0 Å². The van der Waals surface area contributed by atoms with Crippen LogP contribution in [-0.2, 0) is 14.3 Å². The quantitative estimate of drug-likeness (QED) is 0.142. The first-order valence-electron chi connectivity index (χ1n) is 14.6. The van der Waals surface area contributed by atoms with Crippen LogP contribution in [0.25, 0.3) is 0 Å². The number of esters is 1. The number of hydrogen-bond acceptors (Lipinski definition) is 11. The molecule has 3 atom stereocenters. The molecule has 0 radical (unpaired) electrons. The zero-order valence-electron chi connectivity index (χ0n) is 26.5. The zero-order valence-corrected chi connectivity index (χ0v) is 26.5. The molecular formula is C32H42N4O9. The molecule has 0 saturated heterocycles. The Morgan fingerprint density at radius 1 is 1.18 bits per heavy atom. The van der Waals surface area contributed by atoms with Crippen molar-refractivity contribution < 1.29 is 38.9 Å². The van der Waals surface area contributed by atoms with Gasteiger partial charge in [0.25, 0.3) is 5.69 Å². The van der Waals surface area contributed by atoms with Crippen molar-refractivity contribution in [1.82, 2.24) is 10.2 Å². The lowest BCUT2D eigenvalue weighted by Gasteiger charge is -2.35. The summed E-state index contributed by atoms with van der Waals surface area (Å²) < 4.78 is 16.4. The second-order valence-corrected chi connectivity index (χ2v) is 11.5. The third-order valence-electron chi connectivity index (χ3n) is 7.32. The summed E-state index contributed by atoms with van der Waals surface area (Å²) in [4.78, 5) is 43.3. The first-order chi connectivity index (χ1) is 21.3. The number of benzene rings is 2. The van der Waals surface area contributed by atoms with Crippen LogP contribution < -0.4 is 14.8 Å². The number of aliphatic hydroxyl groups excluding tert-OH is 1. The number of hydrogen-bond donors (Lipinski definition) is 3. The molecule has 3 unspecified atom stereocenters. The summed E-state index contributed by atoms with van der Waals surface area (Å²) >= 11 is 0. The number of nitro benzene ring substituents is 1. The number of aliphatic carboxylic acids is 1. The molecule has 0 amide bonds. The van der Waals surface area contributed by atoms with Gasteiger partial charge in [-0.2, -0.15) is 0 Å². The number of likely N-dealkylation sites (N-methyl/N-ethyl adjacent to an activating group) is 1. The largest absolute Gasteiger partial charge is 0.493 e. The second-order valence-electron chi connectivity index (χ2n) is 11.5. The van der Waals surface area contributed by atoms with Crippen molar-refractivity contribution in [3.8, 4) is 11.5 Å². The molecular weight excluding hydrogens is 584 g/mol. The molecule has 2 aromatic carbocycles. The van der Waals surface area contributed by atoms with E-state index in [9.17, 15) is 29.9 Å². The Hall–Kier alpha value is -4.33. The fourth-order valence-corrected chi connectivity index (χ4v) is 5.44. The van der Waals surface area contributed by atoms with E-state index in [2.05, 4.69) is 10.3 Å². The number of nitrogens with one attached hydrogen (secondary N) is 1. The SMILES string of the molecule is CCOC(=O)C1=C(CN(C)CC(C)(C)NCC(O)COc2ccccc2OC)N=C(C)C(C(=O)O)C1c1cccc([N+](=O)[O-])c1. The van der Waals surface area contributed by atoms with Gasteiger partial charge in [0.15, 0.2) is 11.5 Å². The summed E-state index contributed by atoms with van der Waals surface area (Å²) in [6.45, 7) is 8.08. The maximum absolute atomic E-state index is 13.4. The summed E-state index contributed by atoms with van der Waals surface area (Å²) in [5.74, 6) is -3.11. The van der Waals surface area contributed by atoms with Gasteiger partial charge in [0, 0.05) is 48.9 Å². The van der Waals surface area contributed by atoms with Gasteiger partial charge < -0.3 is 29.7 Å². The highest BCUT2D eigenvalue weighted by atomic mass is 16.6. The number of methoxy groups -OCH3 is 1. The van der Waals surface area contributed by atoms with Crippen LogP contribution in [0.15, 0.2) is 64.8 Å². The molecule has 13 heteroatoms. The lowest BCUT2D eigenvalue weighted by molar-refractivity contribution is -0.384. The summed E-state index contributed by atoms with van der Waals surface area (Å²) in [6.07, 6.45) is -0.813. The molecule has 0 spiro atoms. The van der Waals surface area contributed by atoms with Crippen LogP contribution in [0, 0.1) is 16.0 Å². The molecule has 1 aliphatic heterocycles. The second kappa shape index (κ2) is 15.6. The molecule has 0 bridgehead atoms. The smallest absolute Gasteiger partial charge is 0.336 e. The number of nitro groups is 1. The monoisotopic (exact) mass is 626 g/mol. The molecule has 244 valence electrons. The number of non-ortho nitro benzene ring substituents is 1. The molecule has 0 saturated carbocycles. The maximum Gasteiger partial charge on any atom is 0.336 e. The van der Waals surface area contributed by atoms with Gasteiger partial charge in [-0.15, -0.1) is 0 Å². The third kappa shape index (κ3) is 9.33. The number of nitrogens with zero attached hydrogens (tertiary/aromatic N) is 3. The van der Waals surface area contributed by atoms with E-state index in [0.717, 1.165) is 0 Å². The molecule has 2 aromatic rings. The van der Waals surface area contributed by atoms with E-state index < -0.39 is 40.3 Å². The van der Waals surface area contributed by atoms with Crippen LogP contribution in [0.5, 0.6) is 11.5 Å². The van der Waals surface area contributed by atoms with Crippen molar-refractivity contribution in [1.29, 1.82) is 0 Å². The Morgan fingerprint density at radius 3 is 2.49 bits per heavy atom. The van der Waals surface area contributed by atoms with E-state index >= 15 is 0 Å². The number of carbonyl (C=O) groups is 2. The lowest BCUT2D eigenvalue weighted by atomic mass is 9.75. The van der Waals surface area contributed by atoms with Gasteiger partial charge in [-0.05, 0) is 52.4 Å². The van der Waals surface area contributed by atoms with Crippen molar-refractivity contribution in [3.05, 3.63) is 75.5 Å². The molecule has 1 heterocycles. The van der Waals surface area contributed by atoms with Gasteiger partial charge in [-0.3, -0.25) is 24.8 Å². The Balaban J connectivity index is 1.81. The average molecular weight is 627 g/mol. The Labute approximate surface area is 262 Å². The van der Waals surface area contributed by atoms with Gasteiger partial charge >= 0.3 is 11.9 Å². The number of rotatable bonds is 16. The van der Waals surface area contributed by atoms with Gasteiger partial charge in [0.1, 0.15) is 18.6 Å². The highest BCUT2D eigenvalue weighted by molar-refractivity contribution is 6.06. The van der Waals surface area contributed by atoms with Crippen molar-refractivity contribution in [2.24, 2.45) is 10.9 Å². The van der Waals surface area contributed by atoms with E-state index in [4.69, 9.17) is 14.2 Å². The van der Waals surface area contributed by atoms with Crippen LogP contribution >= 0.6 is 0 Å². The van der Waals surface area contributed by atoms with Crippen molar-refractivity contribution >= 4 is 23.3 Å². The molecule has 0 aromatic heterocycles. The van der Waals surface area contributed by atoms with Crippen LogP contribution in [0.3, 0.4) is 0 Å². The summed E-state index contributed by atoms with van der Waals surface area (Å²) in [6, 6.07) is 12.8. The van der Waals surface area contributed by atoms with E-state index in [-0.39, 0.29) is 43.3 Å². The topological polar surface area (TPSA) is 173 Å². The first kappa shape index (κ1) is 35.2. The summed E-state index contributed by atoms with van der Waals surface area (Å²) in [7, 11) is 3.38. The van der Waals surface area contributed by atoms with E-state index in [1.807, 2.05) is 37.9 Å². The Kier molecular flexibility index (Phi) is 12.2. The average Bonchev–Trinajstić information content (AvgIpc) is 2.98. The number of aliphatic imine (C=N–C) groups is 1. The molecule has 1 aliphatic rings. The minimum atomic E-state index is -1.22. The molecule has 45 heavy (non-hydrogen) atoms. The third-order valence-corrected chi connectivity index (χ3v) is 7.32. The molecule has 0 aliphatic carbocycles. The number of carbonyl (C=O) groups excluding carboxylic acids is 1. The fourth-order valence-electron chi connectivity index (χ4n) is 5.44. The van der Waals surface area contributed by atoms with Gasteiger partial charge in [0.2, 0.25) is 0 Å². The first-order valence-corrected chi connectivity index (χ1v) is 14.6. The highest BCUT2D eigenvalue weighted by Gasteiger charge is 2.43. The molecule has 0 fully saturated rings. The Morgan fingerprint density at radius 2 is 1.87 bits per heavy atom. The van der Waals surface area contributed by atoms with Crippen LogP contribution in [0.1, 0.15) is 39.2 Å².